The molecule has 0 heterocycles. The summed E-state index contributed by atoms with van der Waals surface area (Å²) in [4.78, 5) is 11.1. The van der Waals surface area contributed by atoms with Crippen molar-refractivity contribution in [1.29, 1.82) is 0 Å². The van der Waals surface area contributed by atoms with Crippen LogP contribution < -0.4 is 4.74 Å². The van der Waals surface area contributed by atoms with Gasteiger partial charge in [0.25, 0.3) is 0 Å². The lowest BCUT2D eigenvalue weighted by Gasteiger charge is -2.17. The van der Waals surface area contributed by atoms with Gasteiger partial charge in [0.2, 0.25) is 0 Å². The molecule has 5 heteroatoms. The summed E-state index contributed by atoms with van der Waals surface area (Å²) in [6, 6.07) is 4.69. The van der Waals surface area contributed by atoms with Crippen molar-refractivity contribution in [2.24, 2.45) is 5.92 Å². The second-order valence-corrected chi connectivity index (χ2v) is 5.68. The second-order valence-electron chi connectivity index (χ2n) is 5.27. The molecule has 1 atom stereocenters. The van der Waals surface area contributed by atoms with Crippen molar-refractivity contribution in [1.82, 2.24) is 0 Å². The van der Waals surface area contributed by atoms with Crippen LogP contribution in [0.5, 0.6) is 5.75 Å². The summed E-state index contributed by atoms with van der Waals surface area (Å²) >= 11 is 5.85. The molecule has 20 heavy (non-hydrogen) atoms. The van der Waals surface area contributed by atoms with E-state index in [0.29, 0.717) is 12.3 Å². The van der Waals surface area contributed by atoms with Gasteiger partial charge >= 0.3 is 5.97 Å². The van der Waals surface area contributed by atoms with Crippen molar-refractivity contribution < 1.29 is 19.7 Å². The molecule has 0 amide bonds. The molecule has 1 aromatic carbocycles. The minimum Gasteiger partial charge on any atom is -0.490 e. The molecule has 0 spiro atoms. The highest BCUT2D eigenvalue weighted by Crippen LogP contribution is 2.30. The Balaban J connectivity index is 1.93. The third-order valence-corrected chi connectivity index (χ3v) is 4.02. The Hall–Kier alpha value is -1.26. The van der Waals surface area contributed by atoms with Gasteiger partial charge in [-0.3, -0.25) is 0 Å². The maximum Gasteiger partial charge on any atom is 0.341 e. The van der Waals surface area contributed by atoms with Gasteiger partial charge in [-0.15, -0.1) is 0 Å². The van der Waals surface area contributed by atoms with Gasteiger partial charge < -0.3 is 14.9 Å². The van der Waals surface area contributed by atoms with Crippen molar-refractivity contribution in [3.05, 3.63) is 28.8 Å². The topological polar surface area (TPSA) is 66.8 Å². The summed E-state index contributed by atoms with van der Waals surface area (Å²) in [7, 11) is 0. The minimum atomic E-state index is -1.13. The van der Waals surface area contributed by atoms with E-state index < -0.39 is 12.1 Å². The Labute approximate surface area is 123 Å². The van der Waals surface area contributed by atoms with E-state index in [1.165, 1.54) is 18.9 Å². The van der Waals surface area contributed by atoms with Crippen LogP contribution in [0.15, 0.2) is 18.2 Å². The number of aliphatic hydroxyl groups is 1. The summed E-state index contributed by atoms with van der Waals surface area (Å²) in [6.45, 7) is 0.0944. The van der Waals surface area contributed by atoms with E-state index in [9.17, 15) is 9.90 Å². The van der Waals surface area contributed by atoms with Crippen molar-refractivity contribution >= 4 is 17.6 Å². The molecule has 0 radical (unpaired) electrons. The molecule has 0 aromatic heterocycles. The van der Waals surface area contributed by atoms with E-state index >= 15 is 0 Å². The summed E-state index contributed by atoms with van der Waals surface area (Å²) in [5.74, 6) is -0.363. The monoisotopic (exact) mass is 298 g/mol. The van der Waals surface area contributed by atoms with Crippen LogP contribution >= 0.6 is 11.6 Å². The normalized spacial score (nSPS) is 17.1. The second kappa shape index (κ2) is 6.95. The fourth-order valence-electron chi connectivity index (χ4n) is 2.72. The van der Waals surface area contributed by atoms with E-state index in [2.05, 4.69) is 0 Å². The quantitative estimate of drug-likeness (QED) is 0.845. The molecule has 1 aliphatic carbocycles. The van der Waals surface area contributed by atoms with Gasteiger partial charge in [0.1, 0.15) is 17.9 Å². The first-order valence-corrected chi connectivity index (χ1v) is 7.28. The van der Waals surface area contributed by atoms with Crippen molar-refractivity contribution in [3.8, 4) is 5.75 Å². The molecule has 1 aliphatic rings. The third kappa shape index (κ3) is 3.87. The Kier molecular flexibility index (Phi) is 5.26. The van der Waals surface area contributed by atoms with Crippen LogP contribution in [0.1, 0.15) is 42.5 Å². The molecule has 4 nitrogen and oxygen atoms in total. The predicted octanol–water partition coefficient (Wildman–Crippen LogP) is 3.36. The molecule has 0 saturated heterocycles. The maximum atomic E-state index is 11.1. The van der Waals surface area contributed by atoms with Crippen LogP contribution in [-0.2, 0) is 0 Å². The molecule has 2 rings (SSSR count). The zero-order chi connectivity index (χ0) is 14.5. The lowest BCUT2D eigenvalue weighted by molar-refractivity contribution is 0.0672. The standard InChI is InChI=1S/C15H19ClO4/c16-12-6-3-7-13(14(12)15(18)19)20-9-11(17)8-10-4-1-2-5-10/h3,6-7,10-11,17H,1-2,4-5,8-9H2,(H,18,19). The fraction of sp³-hybridized carbons (Fsp3) is 0.533. The van der Waals surface area contributed by atoms with Crippen LogP contribution in [0, 0.1) is 5.92 Å². The fourth-order valence-corrected chi connectivity index (χ4v) is 2.96. The number of ether oxygens (including phenoxy) is 1. The van der Waals surface area contributed by atoms with Crippen molar-refractivity contribution in [2.75, 3.05) is 6.61 Å². The average molecular weight is 299 g/mol. The van der Waals surface area contributed by atoms with Gasteiger partial charge in [0.05, 0.1) is 11.1 Å². The largest absolute Gasteiger partial charge is 0.490 e. The zero-order valence-corrected chi connectivity index (χ0v) is 12.0. The molecular formula is C15H19ClO4. The van der Waals surface area contributed by atoms with Crippen LogP contribution in [0.3, 0.4) is 0 Å². The number of carboxylic acids is 1. The Morgan fingerprint density at radius 2 is 2.10 bits per heavy atom. The first-order chi connectivity index (χ1) is 9.58. The van der Waals surface area contributed by atoms with Crippen LogP contribution in [0.2, 0.25) is 5.02 Å². The molecule has 2 N–H and O–H groups in total. The number of carbonyl (C=O) groups is 1. The number of halogens is 1. The molecule has 1 fully saturated rings. The van der Waals surface area contributed by atoms with Gasteiger partial charge in [0.15, 0.2) is 0 Å². The first kappa shape index (κ1) is 15.1. The lowest BCUT2D eigenvalue weighted by Crippen LogP contribution is -2.21. The Bertz CT molecular complexity index is 469. The molecule has 110 valence electrons. The summed E-state index contributed by atoms with van der Waals surface area (Å²) < 4.78 is 5.44. The number of hydrogen-bond acceptors (Lipinski definition) is 3. The summed E-state index contributed by atoms with van der Waals surface area (Å²) in [5, 5.41) is 19.2. The smallest absolute Gasteiger partial charge is 0.341 e. The van der Waals surface area contributed by atoms with Gasteiger partial charge in [-0.2, -0.15) is 0 Å². The Morgan fingerprint density at radius 1 is 1.40 bits per heavy atom. The first-order valence-electron chi connectivity index (χ1n) is 6.90. The maximum absolute atomic E-state index is 11.1. The van der Waals surface area contributed by atoms with Crippen LogP contribution in [0.4, 0.5) is 0 Å². The zero-order valence-electron chi connectivity index (χ0n) is 11.2. The Morgan fingerprint density at radius 3 is 2.75 bits per heavy atom. The SMILES string of the molecule is O=C(O)c1c(Cl)cccc1OCC(O)CC1CCCC1. The molecular weight excluding hydrogens is 280 g/mol. The minimum absolute atomic E-state index is 0.0535. The van der Waals surface area contributed by atoms with E-state index in [1.807, 2.05) is 0 Å². The van der Waals surface area contributed by atoms with Crippen molar-refractivity contribution in [2.45, 2.75) is 38.2 Å². The van der Waals surface area contributed by atoms with Crippen molar-refractivity contribution in [3.63, 3.8) is 0 Å². The number of hydrogen-bond donors (Lipinski definition) is 2. The highest BCUT2D eigenvalue weighted by Gasteiger charge is 2.20. The number of aromatic carboxylic acids is 1. The molecule has 1 saturated carbocycles. The highest BCUT2D eigenvalue weighted by atomic mass is 35.5. The number of aliphatic hydroxyl groups excluding tert-OH is 1. The van der Waals surface area contributed by atoms with Gasteiger partial charge in [-0.05, 0) is 24.5 Å². The molecule has 1 aromatic rings. The third-order valence-electron chi connectivity index (χ3n) is 3.70. The predicted molar refractivity (Wildman–Crippen MR) is 76.5 cm³/mol. The van der Waals surface area contributed by atoms with Gasteiger partial charge in [-0.1, -0.05) is 43.4 Å². The number of rotatable bonds is 6. The van der Waals surface area contributed by atoms with Gasteiger partial charge in [0, 0.05) is 0 Å². The summed E-state index contributed by atoms with van der Waals surface area (Å²) in [6.07, 6.45) is 4.93. The van der Waals surface area contributed by atoms with E-state index in [-0.39, 0.29) is 22.9 Å². The lowest BCUT2D eigenvalue weighted by atomic mass is 10.0. The molecule has 0 aliphatic heterocycles. The molecule has 0 bridgehead atoms. The average Bonchev–Trinajstić information content (AvgIpc) is 2.88. The van der Waals surface area contributed by atoms with Crippen LogP contribution in [0.25, 0.3) is 0 Å². The molecule has 1 unspecified atom stereocenters. The van der Waals surface area contributed by atoms with E-state index in [0.717, 1.165) is 12.8 Å². The highest BCUT2D eigenvalue weighted by molar-refractivity contribution is 6.33. The van der Waals surface area contributed by atoms with E-state index in [1.54, 1.807) is 12.1 Å². The van der Waals surface area contributed by atoms with Crippen LogP contribution in [-0.4, -0.2) is 28.9 Å². The number of benzene rings is 1. The number of carboxylic acid groups (broad SMARTS) is 1. The van der Waals surface area contributed by atoms with E-state index in [4.69, 9.17) is 21.4 Å². The van der Waals surface area contributed by atoms with Gasteiger partial charge in [-0.25, -0.2) is 4.79 Å². The summed E-state index contributed by atoms with van der Waals surface area (Å²) in [5.41, 5.74) is -0.0535.